The fourth-order valence-electron chi connectivity index (χ4n) is 4.59. The van der Waals surface area contributed by atoms with E-state index in [1.54, 1.807) is 0 Å². The zero-order chi connectivity index (χ0) is 22.9. The van der Waals surface area contributed by atoms with Crippen molar-refractivity contribution in [1.82, 2.24) is 5.32 Å². The molecule has 1 saturated carbocycles. The van der Waals surface area contributed by atoms with Gasteiger partial charge in [-0.25, -0.2) is 0 Å². The number of nitrogens with one attached hydrogen (secondary N) is 1. The van der Waals surface area contributed by atoms with E-state index in [1.807, 2.05) is 6.92 Å². The minimum atomic E-state index is 0.115. The molecule has 0 aromatic heterocycles. The molecule has 0 aromatic carbocycles. The summed E-state index contributed by atoms with van der Waals surface area (Å²) in [5, 5.41) is 2.83. The Bertz CT molecular complexity index is 530. The fraction of sp³-hybridized carbons (Fsp3) is 0.833. The Balaban J connectivity index is 2.46. The van der Waals surface area contributed by atoms with Crippen molar-refractivity contribution in [1.29, 1.82) is 0 Å². The summed E-state index contributed by atoms with van der Waals surface area (Å²) < 4.78 is 11.4. The molecule has 180 valence electrons. The highest BCUT2D eigenvalue weighted by Gasteiger charge is 2.43. The summed E-state index contributed by atoms with van der Waals surface area (Å²) in [6, 6.07) is 0. The minimum Gasteiger partial charge on any atom is -0.362 e. The molecule has 1 aliphatic rings. The summed E-state index contributed by atoms with van der Waals surface area (Å²) in [6.45, 7) is 4.84. The number of carbonyl (C=O) groups excluding carboxylic acids is 2. The van der Waals surface area contributed by atoms with Crippen LogP contribution >= 0.6 is 18.9 Å². The number of ketones is 1. The van der Waals surface area contributed by atoms with Crippen LogP contribution < -0.4 is 5.32 Å². The van der Waals surface area contributed by atoms with E-state index in [2.05, 4.69) is 43.3 Å². The van der Waals surface area contributed by atoms with Crippen LogP contribution in [-0.4, -0.2) is 30.4 Å². The maximum absolute atomic E-state index is 12.4. The molecule has 31 heavy (non-hydrogen) atoms. The van der Waals surface area contributed by atoms with Gasteiger partial charge >= 0.3 is 0 Å². The summed E-state index contributed by atoms with van der Waals surface area (Å²) in [4.78, 5) is 23.9. The summed E-state index contributed by atoms with van der Waals surface area (Å²) in [5.41, 5.74) is 0. The van der Waals surface area contributed by atoms with Crippen LogP contribution in [0, 0.1) is 11.8 Å². The third-order valence-electron chi connectivity index (χ3n) is 6.36. The quantitative estimate of drug-likeness (QED) is 0.152. The second kappa shape index (κ2) is 18.1. The summed E-state index contributed by atoms with van der Waals surface area (Å²) in [5.74, 6) is 1.18. The average Bonchev–Trinajstić information content (AvgIpc) is 3.11. The highest BCUT2D eigenvalue weighted by molar-refractivity contribution is 7.10. The van der Waals surface area contributed by atoms with Gasteiger partial charge in [-0.3, -0.25) is 9.59 Å². The molecule has 6 unspecified atom stereocenters. The van der Waals surface area contributed by atoms with E-state index >= 15 is 0 Å². The second-order valence-electron chi connectivity index (χ2n) is 8.71. The first-order valence-corrected chi connectivity index (χ1v) is 13.2. The van der Waals surface area contributed by atoms with Gasteiger partial charge in [-0.05, 0) is 50.9 Å². The Kier molecular flexibility index (Phi) is 16.8. The lowest BCUT2D eigenvalue weighted by molar-refractivity contribution is -0.121. The number of carbonyl (C=O) groups is 2. The Labute approximate surface area is 194 Å². The molecule has 0 aliphatic heterocycles. The smallest absolute Gasteiger partial charge is 0.219 e. The van der Waals surface area contributed by atoms with Gasteiger partial charge in [-0.2, -0.15) is 0 Å². The molecule has 6 atom stereocenters. The third kappa shape index (κ3) is 11.9. The number of Topliss-reactive ketones (excluding diaryl/α,β-unsaturated/α-hetero) is 1. The summed E-state index contributed by atoms with van der Waals surface area (Å²) in [7, 11) is 4.81. The topological polar surface area (TPSA) is 64.6 Å². The van der Waals surface area contributed by atoms with Crippen LogP contribution in [0.2, 0.25) is 0 Å². The van der Waals surface area contributed by atoms with Gasteiger partial charge in [0.25, 0.3) is 0 Å². The maximum Gasteiger partial charge on any atom is 0.219 e. The van der Waals surface area contributed by atoms with E-state index in [0.717, 1.165) is 44.9 Å². The van der Waals surface area contributed by atoms with Crippen LogP contribution in [0.15, 0.2) is 12.2 Å². The van der Waals surface area contributed by atoms with E-state index in [0.29, 0.717) is 43.4 Å². The van der Waals surface area contributed by atoms with Crippen LogP contribution in [-0.2, 0) is 18.6 Å². The average molecular weight is 474 g/mol. The van der Waals surface area contributed by atoms with Gasteiger partial charge in [-0.15, -0.1) is 0 Å². The summed E-state index contributed by atoms with van der Waals surface area (Å²) in [6.07, 6.45) is 16.9. The second-order valence-corrected chi connectivity index (χ2v) is 9.25. The van der Waals surface area contributed by atoms with Crippen molar-refractivity contribution >= 4 is 30.6 Å². The van der Waals surface area contributed by atoms with E-state index in [9.17, 15) is 9.59 Å². The first-order chi connectivity index (χ1) is 15.1. The molecule has 1 rings (SSSR count). The molecule has 0 radical (unpaired) electrons. The lowest BCUT2D eigenvalue weighted by atomic mass is 9.86. The maximum atomic E-state index is 12.4. The molecule has 1 amide bonds. The molecule has 7 heteroatoms. The fourth-order valence-corrected chi connectivity index (χ4v) is 5.21. The monoisotopic (exact) mass is 473 g/mol. The predicted octanol–water partition coefficient (Wildman–Crippen LogP) is 5.94. The third-order valence-corrected chi connectivity index (χ3v) is 7.06. The molecule has 1 aliphatic carbocycles. The van der Waals surface area contributed by atoms with Gasteiger partial charge in [0.2, 0.25) is 5.91 Å². The van der Waals surface area contributed by atoms with Crippen molar-refractivity contribution < 1.29 is 18.6 Å². The molecule has 0 spiro atoms. The Morgan fingerprint density at radius 3 is 2.29 bits per heavy atom. The van der Waals surface area contributed by atoms with Crippen LogP contribution in [0.1, 0.15) is 97.3 Å². The highest BCUT2D eigenvalue weighted by atomic mass is 31.0. The normalized spacial score (nSPS) is 23.5. The van der Waals surface area contributed by atoms with Crippen LogP contribution in [0.25, 0.3) is 0 Å². The van der Waals surface area contributed by atoms with Gasteiger partial charge < -0.3 is 14.4 Å². The number of hydrogen-bond donors (Lipinski definition) is 1. The van der Waals surface area contributed by atoms with Crippen LogP contribution in [0.3, 0.4) is 0 Å². The lowest BCUT2D eigenvalue weighted by Crippen LogP contribution is -2.23. The highest BCUT2D eigenvalue weighted by Crippen LogP contribution is 2.43. The zero-order valence-corrected chi connectivity index (χ0v) is 22.0. The standard InChI is InChI=1S/C24H45NO4P2/c1-3-5-6-7-10-13-19(26)16-17-21-20(22(28-30)18-23(21)29-31)14-11-8-9-12-15-24(27)25-4-2/h8,11,20-23H,3-7,9-10,12-18,30-31H2,1-2H3,(H,25,27)/b11-8+. The van der Waals surface area contributed by atoms with Gasteiger partial charge in [0, 0.05) is 51.2 Å². The predicted molar refractivity (Wildman–Crippen MR) is 135 cm³/mol. The van der Waals surface area contributed by atoms with E-state index in [4.69, 9.17) is 9.05 Å². The number of allylic oxidation sites excluding steroid dienone is 2. The van der Waals surface area contributed by atoms with Crippen molar-refractivity contribution in [2.24, 2.45) is 11.8 Å². The zero-order valence-electron chi connectivity index (χ0n) is 19.7. The molecular weight excluding hydrogens is 428 g/mol. The molecule has 0 bridgehead atoms. The molecule has 0 heterocycles. The van der Waals surface area contributed by atoms with Crippen LogP contribution in [0.4, 0.5) is 0 Å². The molecular formula is C24H45NO4P2. The number of unbranched alkanes of at least 4 members (excludes halogenated alkanes) is 5. The SMILES string of the molecule is CCCCCCCC(=O)CCC1C(OP)CC(OP)C1C/C=C/CCCC(=O)NCC. The largest absolute Gasteiger partial charge is 0.362 e. The molecule has 0 saturated heterocycles. The Morgan fingerprint density at radius 2 is 1.61 bits per heavy atom. The van der Waals surface area contributed by atoms with Crippen molar-refractivity contribution in [3.63, 3.8) is 0 Å². The Morgan fingerprint density at radius 1 is 0.903 bits per heavy atom. The first kappa shape index (κ1) is 28.7. The van der Waals surface area contributed by atoms with E-state index in [-0.39, 0.29) is 18.1 Å². The van der Waals surface area contributed by atoms with E-state index < -0.39 is 0 Å². The first-order valence-electron chi connectivity index (χ1n) is 12.2. The van der Waals surface area contributed by atoms with Crippen molar-refractivity contribution in [3.8, 4) is 0 Å². The molecule has 1 fully saturated rings. The number of rotatable bonds is 18. The van der Waals surface area contributed by atoms with Crippen molar-refractivity contribution in [2.75, 3.05) is 6.54 Å². The van der Waals surface area contributed by atoms with Crippen molar-refractivity contribution in [2.45, 2.75) is 110 Å². The van der Waals surface area contributed by atoms with E-state index in [1.165, 1.54) is 19.3 Å². The number of hydrogen-bond acceptors (Lipinski definition) is 4. The molecule has 5 nitrogen and oxygen atoms in total. The van der Waals surface area contributed by atoms with Gasteiger partial charge in [-0.1, -0.05) is 44.8 Å². The van der Waals surface area contributed by atoms with Gasteiger partial charge in [0.15, 0.2) is 0 Å². The van der Waals surface area contributed by atoms with Crippen molar-refractivity contribution in [3.05, 3.63) is 12.2 Å². The van der Waals surface area contributed by atoms with Gasteiger partial charge in [0.05, 0.1) is 12.2 Å². The molecule has 1 N–H and O–H groups in total. The number of amides is 1. The lowest BCUT2D eigenvalue weighted by Gasteiger charge is -2.24. The van der Waals surface area contributed by atoms with Crippen LogP contribution in [0.5, 0.6) is 0 Å². The Hall–Kier alpha value is -0.340. The van der Waals surface area contributed by atoms with Gasteiger partial charge in [0.1, 0.15) is 5.78 Å². The minimum absolute atomic E-state index is 0.115. The molecule has 0 aromatic rings. The summed E-state index contributed by atoms with van der Waals surface area (Å²) >= 11 is 0.